The number of benzene rings is 1. The van der Waals surface area contributed by atoms with Crippen molar-refractivity contribution in [1.82, 2.24) is 19.5 Å². The normalized spacial score (nSPS) is 10.4. The fourth-order valence-corrected chi connectivity index (χ4v) is 1.92. The molecule has 0 aliphatic heterocycles. The topological polar surface area (TPSA) is 92.9 Å². The molecule has 0 saturated carbocycles. The van der Waals surface area contributed by atoms with Gasteiger partial charge in [-0.3, -0.25) is 4.57 Å². The Bertz CT molecular complexity index is 811. The Morgan fingerprint density at radius 3 is 2.59 bits per heavy atom. The minimum Gasteiger partial charge on any atom is -0.478 e. The summed E-state index contributed by atoms with van der Waals surface area (Å²) in [4.78, 5) is 23.5. The second-order valence-electron chi connectivity index (χ2n) is 4.67. The third-order valence-electron chi connectivity index (χ3n) is 3.01. The number of carboxylic acid groups (broad SMARTS) is 1. The van der Waals surface area contributed by atoms with Gasteiger partial charge < -0.3 is 10.4 Å². The SMILES string of the molecule is Cc1cn(-c2ccnc(Nc3ccc(C(=O)O)cc3)n2)cn1. The van der Waals surface area contributed by atoms with Crippen LogP contribution in [0, 0.1) is 6.92 Å². The molecule has 0 amide bonds. The van der Waals surface area contributed by atoms with Crippen molar-refractivity contribution in [3.63, 3.8) is 0 Å². The highest BCUT2D eigenvalue weighted by Crippen LogP contribution is 2.15. The monoisotopic (exact) mass is 295 g/mol. The summed E-state index contributed by atoms with van der Waals surface area (Å²) in [5, 5.41) is 11.9. The fourth-order valence-electron chi connectivity index (χ4n) is 1.92. The third kappa shape index (κ3) is 2.93. The number of nitrogens with one attached hydrogen (secondary N) is 1. The highest BCUT2D eigenvalue weighted by molar-refractivity contribution is 5.88. The van der Waals surface area contributed by atoms with Gasteiger partial charge in [-0.1, -0.05) is 0 Å². The number of hydrogen-bond donors (Lipinski definition) is 2. The number of nitrogens with zero attached hydrogens (tertiary/aromatic N) is 4. The molecular formula is C15H13N5O2. The number of aromatic carboxylic acids is 1. The average Bonchev–Trinajstić information content (AvgIpc) is 2.95. The van der Waals surface area contributed by atoms with Crippen LogP contribution in [-0.4, -0.2) is 30.6 Å². The number of imidazole rings is 1. The van der Waals surface area contributed by atoms with Gasteiger partial charge in [-0.25, -0.2) is 14.8 Å². The van der Waals surface area contributed by atoms with Gasteiger partial charge in [0.25, 0.3) is 0 Å². The van der Waals surface area contributed by atoms with Crippen LogP contribution in [0.15, 0.2) is 49.1 Å². The van der Waals surface area contributed by atoms with Gasteiger partial charge in [0.15, 0.2) is 0 Å². The average molecular weight is 295 g/mol. The molecule has 7 heteroatoms. The van der Waals surface area contributed by atoms with E-state index in [1.807, 2.05) is 13.1 Å². The Morgan fingerprint density at radius 1 is 1.18 bits per heavy atom. The number of aryl methyl sites for hydroxylation is 1. The van der Waals surface area contributed by atoms with Gasteiger partial charge in [-0.05, 0) is 37.3 Å². The lowest BCUT2D eigenvalue weighted by Crippen LogP contribution is -2.02. The van der Waals surface area contributed by atoms with Gasteiger partial charge in [0.05, 0.1) is 11.3 Å². The van der Waals surface area contributed by atoms with Crippen molar-refractivity contribution in [3.05, 3.63) is 60.3 Å². The van der Waals surface area contributed by atoms with Gasteiger partial charge in [0.2, 0.25) is 5.95 Å². The quantitative estimate of drug-likeness (QED) is 0.767. The molecule has 3 rings (SSSR count). The summed E-state index contributed by atoms with van der Waals surface area (Å²) in [6, 6.07) is 8.16. The van der Waals surface area contributed by atoms with Crippen LogP contribution in [0.3, 0.4) is 0 Å². The van der Waals surface area contributed by atoms with Crippen molar-refractivity contribution in [1.29, 1.82) is 0 Å². The zero-order valence-corrected chi connectivity index (χ0v) is 11.8. The summed E-state index contributed by atoms with van der Waals surface area (Å²) in [5.41, 5.74) is 1.84. The molecule has 3 aromatic rings. The zero-order valence-electron chi connectivity index (χ0n) is 11.8. The minimum atomic E-state index is -0.958. The molecule has 0 unspecified atom stereocenters. The van der Waals surface area contributed by atoms with Gasteiger partial charge in [-0.2, -0.15) is 4.98 Å². The largest absolute Gasteiger partial charge is 0.478 e. The first-order valence-corrected chi connectivity index (χ1v) is 6.56. The van der Waals surface area contributed by atoms with E-state index in [0.717, 1.165) is 5.69 Å². The van der Waals surface area contributed by atoms with Crippen LogP contribution < -0.4 is 5.32 Å². The van der Waals surface area contributed by atoms with Gasteiger partial charge in [0.1, 0.15) is 12.1 Å². The predicted octanol–water partition coefficient (Wildman–Crippen LogP) is 2.41. The summed E-state index contributed by atoms with van der Waals surface area (Å²) >= 11 is 0. The molecule has 0 aliphatic rings. The molecule has 22 heavy (non-hydrogen) atoms. The molecule has 0 fully saturated rings. The van der Waals surface area contributed by atoms with Crippen molar-refractivity contribution in [2.24, 2.45) is 0 Å². The molecule has 0 atom stereocenters. The van der Waals surface area contributed by atoms with Crippen molar-refractivity contribution < 1.29 is 9.90 Å². The summed E-state index contributed by atoms with van der Waals surface area (Å²) in [7, 11) is 0. The highest BCUT2D eigenvalue weighted by atomic mass is 16.4. The van der Waals surface area contributed by atoms with Crippen molar-refractivity contribution in [2.45, 2.75) is 6.92 Å². The van der Waals surface area contributed by atoms with E-state index >= 15 is 0 Å². The Balaban J connectivity index is 1.82. The molecule has 0 radical (unpaired) electrons. The Hall–Kier alpha value is -3.22. The van der Waals surface area contributed by atoms with E-state index in [4.69, 9.17) is 5.11 Å². The standard InChI is InChI=1S/C15H13N5O2/c1-10-8-20(9-17-10)13-6-7-16-15(19-13)18-12-4-2-11(3-5-12)14(21)22/h2-9H,1H3,(H,21,22)(H,16,18,19). The predicted molar refractivity (Wildman–Crippen MR) is 80.6 cm³/mol. The molecule has 110 valence electrons. The van der Waals surface area contributed by atoms with Crippen LogP contribution in [0.25, 0.3) is 5.82 Å². The maximum absolute atomic E-state index is 10.8. The molecule has 2 heterocycles. The maximum Gasteiger partial charge on any atom is 0.335 e. The fraction of sp³-hybridized carbons (Fsp3) is 0.0667. The van der Waals surface area contributed by atoms with Gasteiger partial charge >= 0.3 is 5.97 Å². The lowest BCUT2D eigenvalue weighted by Gasteiger charge is -2.07. The van der Waals surface area contributed by atoms with Crippen LogP contribution in [-0.2, 0) is 0 Å². The van der Waals surface area contributed by atoms with E-state index in [0.29, 0.717) is 17.5 Å². The van der Waals surface area contributed by atoms with Crippen LogP contribution in [0.5, 0.6) is 0 Å². The van der Waals surface area contributed by atoms with Gasteiger partial charge in [-0.15, -0.1) is 0 Å². The van der Waals surface area contributed by atoms with Crippen LogP contribution in [0.1, 0.15) is 16.1 Å². The number of hydrogen-bond acceptors (Lipinski definition) is 5. The van der Waals surface area contributed by atoms with Gasteiger partial charge in [0, 0.05) is 18.1 Å². The smallest absolute Gasteiger partial charge is 0.335 e. The molecule has 0 spiro atoms. The van der Waals surface area contributed by atoms with Crippen molar-refractivity contribution >= 4 is 17.6 Å². The first-order chi connectivity index (χ1) is 10.6. The van der Waals surface area contributed by atoms with Crippen molar-refractivity contribution in [3.8, 4) is 5.82 Å². The molecule has 0 aliphatic carbocycles. The van der Waals surface area contributed by atoms with Crippen LogP contribution in [0.4, 0.5) is 11.6 Å². The third-order valence-corrected chi connectivity index (χ3v) is 3.01. The van der Waals surface area contributed by atoms with E-state index in [2.05, 4.69) is 20.3 Å². The minimum absolute atomic E-state index is 0.231. The number of aromatic nitrogens is 4. The molecule has 0 bridgehead atoms. The summed E-state index contributed by atoms with van der Waals surface area (Å²) < 4.78 is 1.80. The number of anilines is 2. The highest BCUT2D eigenvalue weighted by Gasteiger charge is 2.05. The van der Waals surface area contributed by atoms with E-state index in [9.17, 15) is 4.79 Å². The molecule has 0 saturated heterocycles. The van der Waals surface area contributed by atoms with Crippen LogP contribution >= 0.6 is 0 Å². The molecule has 2 N–H and O–H groups in total. The lowest BCUT2D eigenvalue weighted by atomic mass is 10.2. The molecular weight excluding hydrogens is 282 g/mol. The van der Waals surface area contributed by atoms with Crippen molar-refractivity contribution in [2.75, 3.05) is 5.32 Å². The first kappa shape index (κ1) is 13.7. The maximum atomic E-state index is 10.8. The number of rotatable bonds is 4. The van der Waals surface area contributed by atoms with E-state index in [-0.39, 0.29) is 5.56 Å². The summed E-state index contributed by atoms with van der Waals surface area (Å²) in [6.07, 6.45) is 5.20. The Labute approximate surface area is 126 Å². The molecule has 1 aromatic carbocycles. The molecule has 2 aromatic heterocycles. The lowest BCUT2D eigenvalue weighted by molar-refractivity contribution is 0.0697. The van der Waals surface area contributed by atoms with E-state index < -0.39 is 5.97 Å². The van der Waals surface area contributed by atoms with E-state index in [1.54, 1.807) is 35.3 Å². The Morgan fingerprint density at radius 2 is 1.95 bits per heavy atom. The van der Waals surface area contributed by atoms with Crippen LogP contribution in [0.2, 0.25) is 0 Å². The second-order valence-corrected chi connectivity index (χ2v) is 4.67. The zero-order chi connectivity index (χ0) is 15.5. The van der Waals surface area contributed by atoms with E-state index in [1.165, 1.54) is 12.1 Å². The number of carboxylic acids is 1. The first-order valence-electron chi connectivity index (χ1n) is 6.56. The molecule has 7 nitrogen and oxygen atoms in total. The second kappa shape index (κ2) is 5.65. The Kier molecular flexibility index (Phi) is 3.53. The summed E-state index contributed by atoms with van der Waals surface area (Å²) in [5.74, 6) is 0.160. The number of carbonyl (C=O) groups is 1. The summed E-state index contributed by atoms with van der Waals surface area (Å²) in [6.45, 7) is 1.90.